The number of piperidine rings is 1. The fraction of sp³-hybridized carbons (Fsp3) is 0.643. The molecular formula is C28H43FN4O2. The highest BCUT2D eigenvalue weighted by Crippen LogP contribution is 2.36. The molecule has 1 aromatic carbocycles. The zero-order chi connectivity index (χ0) is 25.4. The van der Waals surface area contributed by atoms with E-state index in [2.05, 4.69) is 9.89 Å². The molecule has 0 spiro atoms. The minimum absolute atomic E-state index is 0.129. The molecule has 0 amide bonds. The molecule has 0 aromatic heterocycles. The molecule has 1 saturated carbocycles. The lowest BCUT2D eigenvalue weighted by Gasteiger charge is -2.32. The van der Waals surface area contributed by atoms with E-state index >= 15 is 0 Å². The van der Waals surface area contributed by atoms with Crippen molar-refractivity contribution in [2.24, 2.45) is 16.8 Å². The molecule has 1 heterocycles. The smallest absolute Gasteiger partial charge is 0.132 e. The largest absolute Gasteiger partial charge is 0.507 e. The lowest BCUT2D eigenvalue weighted by Crippen LogP contribution is -2.35. The fourth-order valence-electron chi connectivity index (χ4n) is 4.64. The number of nitrogens with zero attached hydrogens (tertiary/aromatic N) is 3. The van der Waals surface area contributed by atoms with Crippen LogP contribution in [0.15, 0.2) is 28.6 Å². The van der Waals surface area contributed by atoms with Gasteiger partial charge in [0.05, 0.1) is 17.9 Å². The second-order valence-electron chi connectivity index (χ2n) is 10.3. The Kier molecular flexibility index (Phi) is 10.3. The molecule has 3 rings (SSSR count). The van der Waals surface area contributed by atoms with Crippen LogP contribution in [0.2, 0.25) is 0 Å². The average molecular weight is 487 g/mol. The zero-order valence-electron chi connectivity index (χ0n) is 21.9. The van der Waals surface area contributed by atoms with Crippen molar-refractivity contribution in [3.8, 4) is 11.5 Å². The Morgan fingerprint density at radius 2 is 1.94 bits per heavy atom. The van der Waals surface area contributed by atoms with Gasteiger partial charge in [-0.3, -0.25) is 9.89 Å². The maximum Gasteiger partial charge on any atom is 0.132 e. The summed E-state index contributed by atoms with van der Waals surface area (Å²) in [6.45, 7) is 7.30. The van der Waals surface area contributed by atoms with Gasteiger partial charge in [-0.15, -0.1) is 0 Å². The van der Waals surface area contributed by atoms with Crippen LogP contribution in [0.4, 0.5) is 4.39 Å². The molecule has 2 aliphatic rings. The SMILES string of the molecule is CC=N/C(CN1CCC(CCC(=N)c2ccc(OCC3CC3)c(CN(C)C)c2O)CC1)=C(/F)CC. The first kappa shape index (κ1) is 27.3. The summed E-state index contributed by atoms with van der Waals surface area (Å²) in [5.74, 6) is 1.96. The molecule has 1 aliphatic heterocycles. The minimum Gasteiger partial charge on any atom is -0.507 e. The van der Waals surface area contributed by atoms with Gasteiger partial charge in [0.15, 0.2) is 0 Å². The van der Waals surface area contributed by atoms with E-state index in [0.717, 1.165) is 43.7 Å². The third kappa shape index (κ3) is 8.14. The second kappa shape index (κ2) is 13.2. The van der Waals surface area contributed by atoms with Gasteiger partial charge in [-0.25, -0.2) is 4.39 Å². The van der Waals surface area contributed by atoms with Gasteiger partial charge in [-0.05, 0) is 103 Å². The van der Waals surface area contributed by atoms with Crippen molar-refractivity contribution in [2.45, 2.75) is 65.3 Å². The second-order valence-corrected chi connectivity index (χ2v) is 10.3. The normalized spacial score (nSPS) is 18.3. The molecule has 0 unspecified atom stereocenters. The zero-order valence-corrected chi connectivity index (χ0v) is 21.9. The quantitative estimate of drug-likeness (QED) is 0.347. The molecule has 35 heavy (non-hydrogen) atoms. The first-order valence-electron chi connectivity index (χ1n) is 13.1. The predicted molar refractivity (Wildman–Crippen MR) is 142 cm³/mol. The predicted octanol–water partition coefficient (Wildman–Crippen LogP) is 5.78. The van der Waals surface area contributed by atoms with Gasteiger partial charge in [-0.1, -0.05) is 6.92 Å². The van der Waals surface area contributed by atoms with Crippen LogP contribution in [0.5, 0.6) is 11.5 Å². The van der Waals surface area contributed by atoms with Crippen LogP contribution in [0.25, 0.3) is 0 Å². The summed E-state index contributed by atoms with van der Waals surface area (Å²) < 4.78 is 20.1. The molecule has 6 nitrogen and oxygen atoms in total. The van der Waals surface area contributed by atoms with E-state index in [4.69, 9.17) is 10.1 Å². The van der Waals surface area contributed by atoms with E-state index < -0.39 is 0 Å². The van der Waals surface area contributed by atoms with E-state index in [1.807, 2.05) is 45.0 Å². The molecule has 0 radical (unpaired) electrons. The lowest BCUT2D eigenvalue weighted by molar-refractivity contribution is 0.191. The first-order chi connectivity index (χ1) is 16.8. The number of likely N-dealkylation sites (tertiary alicyclic amines) is 1. The van der Waals surface area contributed by atoms with Crippen molar-refractivity contribution in [2.75, 3.05) is 40.3 Å². The number of phenolic OH excluding ortho intramolecular Hbond substituents is 1. The Balaban J connectivity index is 1.54. The Labute approximate surface area is 210 Å². The number of ether oxygens (including phenoxy) is 1. The van der Waals surface area contributed by atoms with Gasteiger partial charge >= 0.3 is 0 Å². The molecule has 1 saturated heterocycles. The van der Waals surface area contributed by atoms with Gasteiger partial charge < -0.3 is 20.2 Å². The third-order valence-electron chi connectivity index (χ3n) is 7.00. The van der Waals surface area contributed by atoms with Gasteiger partial charge in [0, 0.05) is 30.6 Å². The number of aromatic hydroxyl groups is 1. The van der Waals surface area contributed by atoms with Gasteiger partial charge in [0.2, 0.25) is 0 Å². The number of hydrogen-bond acceptors (Lipinski definition) is 6. The molecule has 2 fully saturated rings. The number of phenols is 1. The average Bonchev–Trinajstić information content (AvgIpc) is 3.67. The van der Waals surface area contributed by atoms with Crippen molar-refractivity contribution in [1.29, 1.82) is 5.41 Å². The van der Waals surface area contributed by atoms with E-state index in [0.29, 0.717) is 61.3 Å². The van der Waals surface area contributed by atoms with Crippen LogP contribution in [-0.4, -0.2) is 67.2 Å². The van der Waals surface area contributed by atoms with Crippen LogP contribution in [-0.2, 0) is 6.54 Å². The summed E-state index contributed by atoms with van der Waals surface area (Å²) in [5.41, 5.74) is 2.40. The maximum absolute atomic E-state index is 14.1. The van der Waals surface area contributed by atoms with Crippen LogP contribution < -0.4 is 4.74 Å². The standard InChI is InChI=1S/C28H43FN4O2/c1-5-24(29)26(31-6-2)18-33-15-13-20(14-16-33)9-11-25(30)22-10-12-27(35-19-21-7-8-21)23(28(22)34)17-32(3)4/h6,10,12,20-21,30,34H,5,7-9,11,13-19H2,1-4H3/b26-24+,30-25?,31-6?. The van der Waals surface area contributed by atoms with Gasteiger partial charge in [-0.2, -0.15) is 0 Å². The fourth-order valence-corrected chi connectivity index (χ4v) is 4.64. The number of halogens is 1. The Bertz CT molecular complexity index is 916. The van der Waals surface area contributed by atoms with Crippen molar-refractivity contribution in [1.82, 2.24) is 9.80 Å². The van der Waals surface area contributed by atoms with Gasteiger partial charge in [0.1, 0.15) is 17.3 Å². The van der Waals surface area contributed by atoms with Crippen LogP contribution in [0.3, 0.4) is 0 Å². The number of nitrogens with one attached hydrogen (secondary N) is 1. The summed E-state index contributed by atoms with van der Waals surface area (Å²) in [7, 11) is 3.94. The highest BCUT2D eigenvalue weighted by atomic mass is 19.1. The number of aliphatic imine (C=N–C) groups is 1. The van der Waals surface area contributed by atoms with E-state index in [-0.39, 0.29) is 11.6 Å². The molecule has 2 N–H and O–H groups in total. The number of benzene rings is 1. The molecule has 1 aromatic rings. The highest BCUT2D eigenvalue weighted by Gasteiger charge is 2.25. The monoisotopic (exact) mass is 486 g/mol. The van der Waals surface area contributed by atoms with Crippen LogP contribution >= 0.6 is 0 Å². The van der Waals surface area contributed by atoms with Crippen LogP contribution in [0, 0.1) is 17.2 Å². The van der Waals surface area contributed by atoms with E-state index in [1.165, 1.54) is 12.8 Å². The molecule has 0 bridgehead atoms. The van der Waals surface area contributed by atoms with E-state index in [1.54, 1.807) is 6.21 Å². The summed E-state index contributed by atoms with van der Waals surface area (Å²) in [5, 5.41) is 19.7. The van der Waals surface area contributed by atoms with Crippen molar-refractivity contribution >= 4 is 11.9 Å². The molecule has 194 valence electrons. The maximum atomic E-state index is 14.1. The van der Waals surface area contributed by atoms with Crippen molar-refractivity contribution in [3.05, 3.63) is 34.8 Å². The summed E-state index contributed by atoms with van der Waals surface area (Å²) >= 11 is 0. The minimum atomic E-state index is -0.129. The third-order valence-corrected chi connectivity index (χ3v) is 7.00. The number of allylic oxidation sites excluding steroid dienone is 1. The number of hydrogen-bond donors (Lipinski definition) is 2. The number of rotatable bonds is 13. The summed E-state index contributed by atoms with van der Waals surface area (Å²) in [4.78, 5) is 8.53. The Morgan fingerprint density at radius 1 is 1.23 bits per heavy atom. The Hall–Kier alpha value is -2.25. The lowest BCUT2D eigenvalue weighted by atomic mass is 9.89. The summed E-state index contributed by atoms with van der Waals surface area (Å²) in [6, 6.07) is 3.76. The van der Waals surface area contributed by atoms with Crippen LogP contribution in [0.1, 0.15) is 69.9 Å². The van der Waals surface area contributed by atoms with Crippen molar-refractivity contribution in [3.63, 3.8) is 0 Å². The molecular weight excluding hydrogens is 443 g/mol. The first-order valence-corrected chi connectivity index (χ1v) is 13.1. The summed E-state index contributed by atoms with van der Waals surface area (Å²) in [6.07, 6.45) is 8.11. The molecule has 0 atom stereocenters. The van der Waals surface area contributed by atoms with Gasteiger partial charge in [0.25, 0.3) is 0 Å². The topological polar surface area (TPSA) is 72.2 Å². The molecule has 1 aliphatic carbocycles. The van der Waals surface area contributed by atoms with Crippen molar-refractivity contribution < 1.29 is 14.2 Å². The van der Waals surface area contributed by atoms with E-state index in [9.17, 15) is 9.50 Å². The highest BCUT2D eigenvalue weighted by molar-refractivity contribution is 6.01. The molecule has 7 heteroatoms. The Morgan fingerprint density at radius 3 is 2.54 bits per heavy atom.